The third-order valence-corrected chi connectivity index (χ3v) is 0.935. The summed E-state index contributed by atoms with van der Waals surface area (Å²) < 4.78 is 0. The van der Waals surface area contributed by atoms with Gasteiger partial charge in [-0.3, -0.25) is 4.79 Å². The molecule has 0 spiro atoms. The van der Waals surface area contributed by atoms with E-state index in [0.717, 1.165) is 0 Å². The second-order valence-corrected chi connectivity index (χ2v) is 1.45. The van der Waals surface area contributed by atoms with Crippen LogP contribution in [-0.4, -0.2) is 13.3 Å². The lowest BCUT2D eigenvalue weighted by Gasteiger charge is -1.97. The highest BCUT2D eigenvalue weighted by molar-refractivity contribution is 5.72. The molecule has 0 atom stereocenters. The highest BCUT2D eigenvalue weighted by Crippen LogP contribution is 1.85. The lowest BCUT2D eigenvalue weighted by atomic mass is 10.4. The molecule has 0 unspecified atom stereocenters. The highest BCUT2D eigenvalue weighted by atomic mass is 16.1. The molecule has 3 heteroatoms. The summed E-state index contributed by atoms with van der Waals surface area (Å²) in [7, 11) is 1.71. The standard InChI is InChI=1S/C5H10N2O/c1-4(7-2)5(6)3-8/h3,7H,6H2,1-2H3/b5-4-. The van der Waals surface area contributed by atoms with Gasteiger partial charge in [0.25, 0.3) is 0 Å². The summed E-state index contributed by atoms with van der Waals surface area (Å²) in [6.45, 7) is 1.74. The van der Waals surface area contributed by atoms with Gasteiger partial charge in [0.1, 0.15) is 0 Å². The normalized spacial score (nSPS) is 12.2. The molecule has 0 aromatic heterocycles. The molecule has 0 saturated carbocycles. The Balaban J connectivity index is 4.03. The maximum absolute atomic E-state index is 9.88. The number of nitrogens with one attached hydrogen (secondary N) is 1. The van der Waals surface area contributed by atoms with Crippen molar-refractivity contribution in [3.8, 4) is 0 Å². The van der Waals surface area contributed by atoms with Crippen LogP contribution in [0.2, 0.25) is 0 Å². The van der Waals surface area contributed by atoms with E-state index in [4.69, 9.17) is 5.73 Å². The zero-order valence-electron chi connectivity index (χ0n) is 5.06. The Labute approximate surface area is 48.6 Å². The van der Waals surface area contributed by atoms with Crippen molar-refractivity contribution < 1.29 is 4.79 Å². The Bertz CT molecular complexity index is 118. The van der Waals surface area contributed by atoms with Crippen molar-refractivity contribution in [3.63, 3.8) is 0 Å². The summed E-state index contributed by atoms with van der Waals surface area (Å²) in [6, 6.07) is 0. The number of allylic oxidation sites excluding steroid dienone is 2. The summed E-state index contributed by atoms with van der Waals surface area (Å²) in [5.41, 5.74) is 6.14. The maximum Gasteiger partial charge on any atom is 0.167 e. The van der Waals surface area contributed by atoms with Crippen molar-refractivity contribution in [1.82, 2.24) is 5.32 Å². The predicted molar refractivity (Wildman–Crippen MR) is 32.0 cm³/mol. The number of carbonyl (C=O) groups is 1. The molecule has 0 bridgehead atoms. The zero-order valence-corrected chi connectivity index (χ0v) is 5.06. The fourth-order valence-corrected chi connectivity index (χ4v) is 0.233. The van der Waals surface area contributed by atoms with Gasteiger partial charge in [-0.2, -0.15) is 0 Å². The van der Waals surface area contributed by atoms with Gasteiger partial charge in [-0.1, -0.05) is 0 Å². The molecular weight excluding hydrogens is 104 g/mol. The zero-order chi connectivity index (χ0) is 6.57. The van der Waals surface area contributed by atoms with E-state index in [1.54, 1.807) is 14.0 Å². The summed E-state index contributed by atoms with van der Waals surface area (Å²) >= 11 is 0. The molecule has 0 heterocycles. The van der Waals surface area contributed by atoms with Crippen molar-refractivity contribution in [1.29, 1.82) is 0 Å². The molecule has 0 aliphatic heterocycles. The van der Waals surface area contributed by atoms with Crippen molar-refractivity contribution in [2.24, 2.45) is 5.73 Å². The van der Waals surface area contributed by atoms with E-state index in [1.807, 2.05) is 0 Å². The smallest absolute Gasteiger partial charge is 0.167 e. The van der Waals surface area contributed by atoms with Crippen LogP contribution < -0.4 is 11.1 Å². The van der Waals surface area contributed by atoms with Crippen LogP contribution in [0.15, 0.2) is 11.4 Å². The molecule has 0 rings (SSSR count). The number of rotatable bonds is 2. The number of hydrogen-bond acceptors (Lipinski definition) is 3. The largest absolute Gasteiger partial charge is 0.395 e. The van der Waals surface area contributed by atoms with Crippen molar-refractivity contribution >= 4 is 6.29 Å². The van der Waals surface area contributed by atoms with Gasteiger partial charge in [0.05, 0.1) is 5.70 Å². The van der Waals surface area contributed by atoms with Gasteiger partial charge in [0.15, 0.2) is 6.29 Å². The van der Waals surface area contributed by atoms with E-state index in [2.05, 4.69) is 5.32 Å². The minimum Gasteiger partial charge on any atom is -0.395 e. The third kappa shape index (κ3) is 1.64. The maximum atomic E-state index is 9.88. The molecule has 0 saturated heterocycles. The van der Waals surface area contributed by atoms with Crippen LogP contribution in [0.4, 0.5) is 0 Å². The monoisotopic (exact) mass is 114 g/mol. The lowest BCUT2D eigenvalue weighted by molar-refractivity contribution is -0.105. The molecule has 0 aliphatic rings. The van der Waals surface area contributed by atoms with E-state index in [-0.39, 0.29) is 5.70 Å². The molecule has 46 valence electrons. The average molecular weight is 114 g/mol. The molecule has 0 aromatic carbocycles. The van der Waals surface area contributed by atoms with E-state index in [1.165, 1.54) is 0 Å². The van der Waals surface area contributed by atoms with Gasteiger partial charge < -0.3 is 11.1 Å². The molecule has 0 fully saturated rings. The molecule has 8 heavy (non-hydrogen) atoms. The highest BCUT2D eigenvalue weighted by Gasteiger charge is 1.88. The van der Waals surface area contributed by atoms with Gasteiger partial charge in [-0.15, -0.1) is 0 Å². The summed E-state index contributed by atoms with van der Waals surface area (Å²) in [5.74, 6) is 0. The van der Waals surface area contributed by atoms with E-state index in [9.17, 15) is 4.79 Å². The van der Waals surface area contributed by atoms with Gasteiger partial charge in [-0.25, -0.2) is 0 Å². The summed E-state index contributed by atoms with van der Waals surface area (Å²) in [6.07, 6.45) is 0.617. The Hall–Kier alpha value is -0.990. The van der Waals surface area contributed by atoms with Crippen LogP contribution in [0.1, 0.15) is 6.92 Å². The Morgan fingerprint density at radius 1 is 1.75 bits per heavy atom. The lowest BCUT2D eigenvalue weighted by Crippen LogP contribution is -2.11. The Morgan fingerprint density at radius 2 is 2.25 bits per heavy atom. The van der Waals surface area contributed by atoms with Crippen molar-refractivity contribution in [2.75, 3.05) is 7.05 Å². The molecule has 3 N–H and O–H groups in total. The second kappa shape index (κ2) is 3.07. The SMILES string of the molecule is CN/C(C)=C(\N)C=O. The number of carbonyl (C=O) groups excluding carboxylic acids is 1. The average Bonchev–Trinajstić information content (AvgIpc) is 1.84. The Morgan fingerprint density at radius 3 is 2.38 bits per heavy atom. The first-order valence-corrected chi connectivity index (χ1v) is 2.31. The van der Waals surface area contributed by atoms with Crippen LogP contribution >= 0.6 is 0 Å². The quantitative estimate of drug-likeness (QED) is 0.379. The van der Waals surface area contributed by atoms with Gasteiger partial charge in [0.2, 0.25) is 0 Å². The molecule has 0 aromatic rings. The second-order valence-electron chi connectivity index (χ2n) is 1.45. The number of hydrogen-bond donors (Lipinski definition) is 2. The molecular formula is C5H10N2O. The van der Waals surface area contributed by atoms with Crippen molar-refractivity contribution in [2.45, 2.75) is 6.92 Å². The van der Waals surface area contributed by atoms with Gasteiger partial charge >= 0.3 is 0 Å². The molecule has 0 radical (unpaired) electrons. The van der Waals surface area contributed by atoms with Gasteiger partial charge in [0, 0.05) is 12.7 Å². The minimum absolute atomic E-state index is 0.257. The van der Waals surface area contributed by atoms with Gasteiger partial charge in [-0.05, 0) is 6.92 Å². The summed E-state index contributed by atoms with van der Waals surface area (Å²) in [4.78, 5) is 9.88. The van der Waals surface area contributed by atoms with E-state index < -0.39 is 0 Å². The van der Waals surface area contributed by atoms with Crippen molar-refractivity contribution in [3.05, 3.63) is 11.4 Å². The minimum atomic E-state index is 0.257. The first kappa shape index (κ1) is 7.01. The topological polar surface area (TPSA) is 55.1 Å². The molecule has 0 amide bonds. The molecule has 0 aliphatic carbocycles. The van der Waals surface area contributed by atoms with Crippen LogP contribution in [0.25, 0.3) is 0 Å². The Kier molecular flexibility index (Phi) is 2.69. The third-order valence-electron chi connectivity index (χ3n) is 0.935. The van der Waals surface area contributed by atoms with Crippen LogP contribution in [-0.2, 0) is 4.79 Å². The fourth-order valence-electron chi connectivity index (χ4n) is 0.233. The van der Waals surface area contributed by atoms with E-state index in [0.29, 0.717) is 12.0 Å². The first-order chi connectivity index (χ1) is 3.72. The number of aldehydes is 1. The van der Waals surface area contributed by atoms with E-state index >= 15 is 0 Å². The first-order valence-electron chi connectivity index (χ1n) is 2.31. The molecule has 3 nitrogen and oxygen atoms in total. The van der Waals surface area contributed by atoms with Crippen LogP contribution in [0.5, 0.6) is 0 Å². The van der Waals surface area contributed by atoms with Crippen LogP contribution in [0, 0.1) is 0 Å². The predicted octanol–water partition coefficient (Wildman–Crippen LogP) is -0.405. The fraction of sp³-hybridized carbons (Fsp3) is 0.400. The summed E-state index contributed by atoms with van der Waals surface area (Å²) in [5, 5.41) is 2.74. The van der Waals surface area contributed by atoms with Crippen LogP contribution in [0.3, 0.4) is 0 Å². The number of nitrogens with two attached hydrogens (primary N) is 1.